The zero-order valence-electron chi connectivity index (χ0n) is 10.7. The van der Waals surface area contributed by atoms with Gasteiger partial charge in [0, 0.05) is 13.1 Å². The highest BCUT2D eigenvalue weighted by Crippen LogP contribution is 2.30. The van der Waals surface area contributed by atoms with E-state index in [1.165, 1.54) is 11.1 Å². The van der Waals surface area contributed by atoms with Crippen molar-refractivity contribution < 1.29 is 9.90 Å². The molecule has 0 heterocycles. The van der Waals surface area contributed by atoms with Crippen molar-refractivity contribution in [3.05, 3.63) is 35.4 Å². The van der Waals surface area contributed by atoms with Gasteiger partial charge in [0.2, 0.25) is 0 Å². The second-order valence-corrected chi connectivity index (χ2v) is 4.54. The first-order valence-corrected chi connectivity index (χ1v) is 6.50. The second kappa shape index (κ2) is 5.87. The highest BCUT2D eigenvalue weighted by Gasteiger charge is 2.24. The van der Waals surface area contributed by atoms with E-state index in [-0.39, 0.29) is 18.7 Å². The summed E-state index contributed by atoms with van der Waals surface area (Å²) in [5.41, 5.74) is 2.55. The number of hydrogen-bond acceptors (Lipinski definition) is 2. The molecule has 1 atom stereocenters. The van der Waals surface area contributed by atoms with Crippen molar-refractivity contribution in [2.75, 3.05) is 19.7 Å². The smallest absolute Gasteiger partial charge is 0.317 e. The molecule has 2 amide bonds. The number of likely N-dealkylation sites (N-methyl/N-ethyl adjacent to an activating group) is 1. The molecule has 98 valence electrons. The van der Waals surface area contributed by atoms with Crippen LogP contribution in [0.15, 0.2) is 24.3 Å². The minimum atomic E-state index is -0.0896. The van der Waals surface area contributed by atoms with Crippen LogP contribution in [-0.2, 0) is 6.42 Å². The minimum Gasteiger partial charge on any atom is -0.395 e. The third-order valence-electron chi connectivity index (χ3n) is 3.47. The second-order valence-electron chi connectivity index (χ2n) is 4.54. The molecule has 0 fully saturated rings. The quantitative estimate of drug-likeness (QED) is 0.852. The Morgan fingerprint density at radius 2 is 2.28 bits per heavy atom. The van der Waals surface area contributed by atoms with Crippen LogP contribution in [0.3, 0.4) is 0 Å². The van der Waals surface area contributed by atoms with Gasteiger partial charge in [-0.3, -0.25) is 0 Å². The Morgan fingerprint density at radius 1 is 1.50 bits per heavy atom. The minimum absolute atomic E-state index is 0.00249. The summed E-state index contributed by atoms with van der Waals surface area (Å²) in [7, 11) is 0. The molecule has 0 bridgehead atoms. The summed E-state index contributed by atoms with van der Waals surface area (Å²) in [5.74, 6) is 0. The number of amides is 2. The summed E-state index contributed by atoms with van der Waals surface area (Å²) >= 11 is 0. The van der Waals surface area contributed by atoms with E-state index in [9.17, 15) is 4.79 Å². The standard InChI is InChI=1S/C14H20N2O2/c1-2-16(9-10-17)14(18)15-13-8-7-11-5-3-4-6-12(11)13/h3-6,13,17H,2,7-10H2,1H3,(H,15,18). The van der Waals surface area contributed by atoms with Gasteiger partial charge in [-0.15, -0.1) is 0 Å². The number of carbonyl (C=O) groups is 1. The lowest BCUT2D eigenvalue weighted by atomic mass is 10.1. The molecule has 1 aliphatic rings. The van der Waals surface area contributed by atoms with Gasteiger partial charge in [0.1, 0.15) is 0 Å². The molecule has 1 aromatic carbocycles. The normalized spacial score (nSPS) is 17.3. The molecule has 0 saturated heterocycles. The van der Waals surface area contributed by atoms with Gasteiger partial charge >= 0.3 is 6.03 Å². The van der Waals surface area contributed by atoms with Crippen molar-refractivity contribution in [3.63, 3.8) is 0 Å². The average molecular weight is 248 g/mol. The molecule has 0 radical (unpaired) electrons. The van der Waals surface area contributed by atoms with Crippen LogP contribution in [0.25, 0.3) is 0 Å². The van der Waals surface area contributed by atoms with Gasteiger partial charge in [0.05, 0.1) is 12.6 Å². The summed E-state index contributed by atoms with van der Waals surface area (Å²) in [6.45, 7) is 2.91. The molecule has 4 heteroatoms. The van der Waals surface area contributed by atoms with Gasteiger partial charge < -0.3 is 15.3 Å². The predicted octanol–water partition coefficient (Wildman–Crippen LogP) is 1.70. The number of hydrogen-bond donors (Lipinski definition) is 2. The monoisotopic (exact) mass is 248 g/mol. The number of aryl methyl sites for hydroxylation is 1. The van der Waals surface area contributed by atoms with Crippen molar-refractivity contribution in [2.45, 2.75) is 25.8 Å². The maximum Gasteiger partial charge on any atom is 0.317 e. The van der Waals surface area contributed by atoms with E-state index in [1.54, 1.807) is 4.90 Å². The molecular weight excluding hydrogens is 228 g/mol. The van der Waals surface area contributed by atoms with Crippen molar-refractivity contribution in [1.82, 2.24) is 10.2 Å². The molecule has 0 spiro atoms. The molecule has 0 aliphatic heterocycles. The SMILES string of the molecule is CCN(CCO)C(=O)NC1CCc2ccccc21. The zero-order chi connectivity index (χ0) is 13.0. The molecule has 1 aromatic rings. The summed E-state index contributed by atoms with van der Waals surface area (Å²) < 4.78 is 0. The molecule has 1 unspecified atom stereocenters. The molecule has 0 saturated carbocycles. The van der Waals surface area contributed by atoms with E-state index >= 15 is 0 Å². The van der Waals surface area contributed by atoms with Gasteiger partial charge in [-0.1, -0.05) is 24.3 Å². The van der Waals surface area contributed by atoms with Crippen LogP contribution in [0.4, 0.5) is 4.79 Å². The Hall–Kier alpha value is -1.55. The van der Waals surface area contributed by atoms with E-state index < -0.39 is 0 Å². The predicted molar refractivity (Wildman–Crippen MR) is 70.4 cm³/mol. The van der Waals surface area contributed by atoms with Crippen LogP contribution in [0.5, 0.6) is 0 Å². The zero-order valence-corrected chi connectivity index (χ0v) is 10.7. The number of aliphatic hydroxyl groups excluding tert-OH is 1. The van der Waals surface area contributed by atoms with Gasteiger partial charge in [-0.2, -0.15) is 0 Å². The van der Waals surface area contributed by atoms with Crippen molar-refractivity contribution in [1.29, 1.82) is 0 Å². The molecular formula is C14H20N2O2. The van der Waals surface area contributed by atoms with Crippen LogP contribution in [0.1, 0.15) is 30.5 Å². The lowest BCUT2D eigenvalue weighted by Crippen LogP contribution is -2.42. The first-order chi connectivity index (χ1) is 8.76. The lowest BCUT2D eigenvalue weighted by molar-refractivity contribution is 0.177. The Bertz CT molecular complexity index is 420. The summed E-state index contributed by atoms with van der Waals surface area (Å²) in [5, 5.41) is 12.0. The van der Waals surface area contributed by atoms with Crippen molar-refractivity contribution in [2.24, 2.45) is 0 Å². The highest BCUT2D eigenvalue weighted by molar-refractivity contribution is 5.75. The number of urea groups is 1. The van der Waals surface area contributed by atoms with Crippen molar-refractivity contribution >= 4 is 6.03 Å². The molecule has 0 aromatic heterocycles. The number of fused-ring (bicyclic) bond motifs is 1. The Labute approximate surface area is 108 Å². The van der Waals surface area contributed by atoms with Crippen LogP contribution in [0, 0.1) is 0 Å². The van der Waals surface area contributed by atoms with Gasteiger partial charge in [-0.05, 0) is 30.9 Å². The van der Waals surface area contributed by atoms with Gasteiger partial charge in [0.15, 0.2) is 0 Å². The van der Waals surface area contributed by atoms with E-state index in [4.69, 9.17) is 5.11 Å². The number of aliphatic hydroxyl groups is 1. The Kier molecular flexibility index (Phi) is 4.20. The summed E-state index contributed by atoms with van der Waals surface area (Å²) in [6, 6.07) is 8.26. The maximum absolute atomic E-state index is 12.0. The Balaban J connectivity index is 2.01. The van der Waals surface area contributed by atoms with Crippen molar-refractivity contribution in [3.8, 4) is 0 Å². The summed E-state index contributed by atoms with van der Waals surface area (Å²) in [4.78, 5) is 13.7. The highest BCUT2D eigenvalue weighted by atomic mass is 16.3. The van der Waals surface area contributed by atoms with Crippen LogP contribution in [0.2, 0.25) is 0 Å². The fourth-order valence-corrected chi connectivity index (χ4v) is 2.47. The Morgan fingerprint density at radius 3 is 3.00 bits per heavy atom. The number of benzene rings is 1. The van der Waals surface area contributed by atoms with E-state index in [0.29, 0.717) is 13.1 Å². The van der Waals surface area contributed by atoms with Crippen LogP contribution in [-0.4, -0.2) is 35.7 Å². The van der Waals surface area contributed by atoms with Gasteiger partial charge in [0.25, 0.3) is 0 Å². The van der Waals surface area contributed by atoms with E-state index in [1.807, 2.05) is 19.1 Å². The third-order valence-corrected chi connectivity index (χ3v) is 3.47. The molecule has 1 aliphatic carbocycles. The first-order valence-electron chi connectivity index (χ1n) is 6.50. The van der Waals surface area contributed by atoms with E-state index in [2.05, 4.69) is 17.4 Å². The van der Waals surface area contributed by atoms with E-state index in [0.717, 1.165) is 12.8 Å². The fraction of sp³-hybridized carbons (Fsp3) is 0.500. The topological polar surface area (TPSA) is 52.6 Å². The first kappa shape index (κ1) is 12.9. The van der Waals surface area contributed by atoms with Crippen LogP contribution < -0.4 is 5.32 Å². The fourth-order valence-electron chi connectivity index (χ4n) is 2.47. The molecule has 4 nitrogen and oxygen atoms in total. The number of carbonyl (C=O) groups excluding carboxylic acids is 1. The number of rotatable bonds is 4. The lowest BCUT2D eigenvalue weighted by Gasteiger charge is -2.23. The van der Waals surface area contributed by atoms with Gasteiger partial charge in [-0.25, -0.2) is 4.79 Å². The van der Waals surface area contributed by atoms with Crippen LogP contribution >= 0.6 is 0 Å². The largest absolute Gasteiger partial charge is 0.395 e. The maximum atomic E-state index is 12.0. The summed E-state index contributed by atoms with van der Waals surface area (Å²) in [6.07, 6.45) is 1.98. The molecule has 18 heavy (non-hydrogen) atoms. The number of nitrogens with zero attached hydrogens (tertiary/aromatic N) is 1. The number of nitrogens with one attached hydrogen (secondary N) is 1. The molecule has 2 rings (SSSR count). The molecule has 2 N–H and O–H groups in total. The average Bonchev–Trinajstić information content (AvgIpc) is 2.79. The third kappa shape index (κ3) is 2.64.